The molecule has 1 rings (SSSR count). The van der Waals surface area contributed by atoms with Crippen LogP contribution in [0.1, 0.15) is 105 Å². The van der Waals surface area contributed by atoms with Crippen molar-refractivity contribution in [1.29, 1.82) is 0 Å². The summed E-state index contributed by atoms with van der Waals surface area (Å²) in [5.41, 5.74) is 0.555. The van der Waals surface area contributed by atoms with Gasteiger partial charge in [-0.05, 0) is 78.4 Å². The van der Waals surface area contributed by atoms with Crippen LogP contribution >= 0.6 is 0 Å². The third kappa shape index (κ3) is 11.0. The average Bonchev–Trinajstić information content (AvgIpc) is 2.70. The molecule has 0 aliphatic heterocycles. The minimum absolute atomic E-state index is 0.145. The zero-order chi connectivity index (χ0) is 27.7. The van der Waals surface area contributed by atoms with Crippen molar-refractivity contribution in [2.75, 3.05) is 6.54 Å². The first-order valence-electron chi connectivity index (χ1n) is 13.2. The molecule has 36 heavy (non-hydrogen) atoms. The van der Waals surface area contributed by atoms with Crippen molar-refractivity contribution in [3.05, 3.63) is 35.4 Å². The van der Waals surface area contributed by atoms with Gasteiger partial charge in [0.05, 0.1) is 0 Å². The van der Waals surface area contributed by atoms with E-state index in [0.29, 0.717) is 13.0 Å². The smallest absolute Gasteiger partial charge is 0.408 e. The third-order valence-corrected chi connectivity index (χ3v) is 5.52. The van der Waals surface area contributed by atoms with E-state index in [1.165, 1.54) is 0 Å². The number of ether oxygens (including phenoxy) is 1. The molecule has 2 N–H and O–H groups in total. The van der Waals surface area contributed by atoms with Gasteiger partial charge in [-0.15, -0.1) is 0 Å². The summed E-state index contributed by atoms with van der Waals surface area (Å²) < 4.78 is 5.46. The molecular formula is C29H49N3O4. The Hall–Kier alpha value is -2.57. The van der Waals surface area contributed by atoms with E-state index < -0.39 is 29.3 Å². The summed E-state index contributed by atoms with van der Waals surface area (Å²) in [5.74, 6) is -0.364. The van der Waals surface area contributed by atoms with Gasteiger partial charge >= 0.3 is 6.09 Å². The number of alkyl carbamates (subject to hydrolysis) is 1. The van der Waals surface area contributed by atoms with Crippen LogP contribution in [-0.2, 0) is 14.3 Å². The van der Waals surface area contributed by atoms with Gasteiger partial charge in [-0.3, -0.25) is 9.59 Å². The van der Waals surface area contributed by atoms with Crippen LogP contribution in [0.25, 0.3) is 0 Å². The van der Waals surface area contributed by atoms with Crippen LogP contribution in [0, 0.1) is 12.8 Å². The highest BCUT2D eigenvalue weighted by atomic mass is 16.6. The van der Waals surface area contributed by atoms with Crippen LogP contribution in [0.15, 0.2) is 24.3 Å². The van der Waals surface area contributed by atoms with E-state index in [9.17, 15) is 14.4 Å². The summed E-state index contributed by atoms with van der Waals surface area (Å²) in [7, 11) is 0. The number of hydrogen-bond acceptors (Lipinski definition) is 4. The topological polar surface area (TPSA) is 87.7 Å². The molecule has 7 nitrogen and oxygen atoms in total. The van der Waals surface area contributed by atoms with Crippen molar-refractivity contribution >= 4 is 17.9 Å². The van der Waals surface area contributed by atoms with E-state index in [0.717, 1.165) is 30.4 Å². The molecule has 2 atom stereocenters. The van der Waals surface area contributed by atoms with E-state index in [1.807, 2.05) is 65.8 Å². The number of carbonyl (C=O) groups excluding carboxylic acids is 3. The maximum absolute atomic E-state index is 14.1. The highest BCUT2D eigenvalue weighted by Gasteiger charge is 2.37. The fourth-order valence-electron chi connectivity index (χ4n) is 4.02. The maximum atomic E-state index is 14.1. The minimum atomic E-state index is -0.815. The summed E-state index contributed by atoms with van der Waals surface area (Å²) in [5, 5.41) is 5.88. The quantitative estimate of drug-likeness (QED) is 0.368. The van der Waals surface area contributed by atoms with E-state index in [-0.39, 0.29) is 17.7 Å². The van der Waals surface area contributed by atoms with Crippen molar-refractivity contribution < 1.29 is 19.1 Å². The van der Waals surface area contributed by atoms with Gasteiger partial charge in [0.1, 0.15) is 17.7 Å². The number of amides is 3. The number of unbranched alkanes of at least 4 members (excludes halogenated alkanes) is 2. The Morgan fingerprint density at radius 2 is 1.61 bits per heavy atom. The van der Waals surface area contributed by atoms with Crippen LogP contribution < -0.4 is 10.6 Å². The van der Waals surface area contributed by atoms with Gasteiger partial charge in [0, 0.05) is 12.1 Å². The van der Waals surface area contributed by atoms with E-state index in [4.69, 9.17) is 4.74 Å². The molecule has 0 fully saturated rings. The van der Waals surface area contributed by atoms with Gasteiger partial charge < -0.3 is 20.3 Å². The summed E-state index contributed by atoms with van der Waals surface area (Å²) in [6, 6.07) is 6.04. The second-order valence-corrected chi connectivity index (χ2v) is 12.1. The predicted molar refractivity (Wildman–Crippen MR) is 146 cm³/mol. The lowest BCUT2D eigenvalue weighted by molar-refractivity contribution is -0.143. The highest BCUT2D eigenvalue weighted by molar-refractivity contribution is 5.92. The van der Waals surface area contributed by atoms with E-state index in [1.54, 1.807) is 25.7 Å². The number of rotatable bonds is 11. The Morgan fingerprint density at radius 3 is 2.11 bits per heavy atom. The van der Waals surface area contributed by atoms with E-state index in [2.05, 4.69) is 17.6 Å². The molecular weight excluding hydrogens is 454 g/mol. The Labute approximate surface area is 218 Å². The number of nitrogens with zero attached hydrogens (tertiary/aromatic N) is 1. The summed E-state index contributed by atoms with van der Waals surface area (Å²) >= 11 is 0. The molecule has 0 saturated heterocycles. The van der Waals surface area contributed by atoms with E-state index >= 15 is 0 Å². The highest BCUT2D eigenvalue weighted by Crippen LogP contribution is 2.27. The molecule has 0 bridgehead atoms. The number of nitrogens with one attached hydrogen (secondary N) is 2. The van der Waals surface area contributed by atoms with Crippen LogP contribution in [0.3, 0.4) is 0 Å². The zero-order valence-corrected chi connectivity index (χ0v) is 24.2. The Morgan fingerprint density at radius 1 is 1.00 bits per heavy atom. The molecule has 0 aliphatic carbocycles. The average molecular weight is 504 g/mol. The molecule has 1 aromatic carbocycles. The lowest BCUT2D eigenvalue weighted by Crippen LogP contribution is -2.55. The molecule has 0 spiro atoms. The standard InChI is InChI=1S/C29H49N3O4/c1-11-12-15-18-32(26(34)23(19-20(2)3)30-27(35)36-29(8,9)10)24(25(33)31-28(5,6)7)22-17-14-13-16-21(22)4/h13-14,16-17,20,23-24H,11-12,15,18-19H2,1-10H3,(H,30,35)(H,31,33). The molecule has 204 valence electrons. The van der Waals surface area contributed by atoms with Crippen molar-refractivity contribution in [2.24, 2.45) is 5.92 Å². The molecule has 0 aliphatic rings. The Bertz CT molecular complexity index is 868. The number of benzene rings is 1. The molecule has 0 radical (unpaired) electrons. The first-order valence-corrected chi connectivity index (χ1v) is 13.2. The zero-order valence-electron chi connectivity index (χ0n) is 24.2. The predicted octanol–water partition coefficient (Wildman–Crippen LogP) is 5.91. The number of hydrogen-bond donors (Lipinski definition) is 2. The molecule has 0 heterocycles. The first kappa shape index (κ1) is 31.5. The SMILES string of the molecule is CCCCCN(C(=O)C(CC(C)C)NC(=O)OC(C)(C)C)C(C(=O)NC(C)(C)C)c1ccccc1C. The second kappa shape index (κ2) is 13.7. The monoisotopic (exact) mass is 503 g/mol. The minimum Gasteiger partial charge on any atom is -0.444 e. The van der Waals surface area contributed by atoms with Gasteiger partial charge in [0.15, 0.2) is 0 Å². The largest absolute Gasteiger partial charge is 0.444 e. The summed E-state index contributed by atoms with van der Waals surface area (Å²) in [4.78, 5) is 42.2. The Balaban J connectivity index is 3.53. The van der Waals surface area contributed by atoms with Gasteiger partial charge in [-0.2, -0.15) is 0 Å². The van der Waals surface area contributed by atoms with Crippen LogP contribution in [0.2, 0.25) is 0 Å². The lowest BCUT2D eigenvalue weighted by atomic mass is 9.95. The first-order chi connectivity index (χ1) is 16.6. The molecule has 7 heteroatoms. The fraction of sp³-hybridized carbons (Fsp3) is 0.690. The normalized spacial score (nSPS) is 13.6. The fourth-order valence-corrected chi connectivity index (χ4v) is 4.02. The van der Waals surface area contributed by atoms with Gasteiger partial charge in [0.25, 0.3) is 0 Å². The second-order valence-electron chi connectivity index (χ2n) is 12.1. The van der Waals surface area contributed by atoms with Crippen LogP contribution in [-0.4, -0.2) is 46.5 Å². The molecule has 0 aromatic heterocycles. The van der Waals surface area contributed by atoms with Gasteiger partial charge in [0.2, 0.25) is 11.8 Å². The molecule has 3 amide bonds. The summed E-state index contributed by atoms with van der Waals surface area (Å²) in [6.07, 6.45) is 2.47. The maximum Gasteiger partial charge on any atom is 0.408 e. The summed E-state index contributed by atoms with van der Waals surface area (Å²) in [6.45, 7) is 19.6. The Kier molecular flexibility index (Phi) is 11.9. The molecule has 0 saturated carbocycles. The number of aryl methyl sites for hydroxylation is 1. The van der Waals surface area contributed by atoms with Crippen molar-refractivity contribution in [2.45, 2.75) is 118 Å². The molecule has 2 unspecified atom stereocenters. The molecule has 1 aromatic rings. The van der Waals surface area contributed by atoms with Crippen molar-refractivity contribution in [3.8, 4) is 0 Å². The lowest BCUT2D eigenvalue weighted by Gasteiger charge is -2.37. The van der Waals surface area contributed by atoms with Crippen molar-refractivity contribution in [1.82, 2.24) is 15.5 Å². The van der Waals surface area contributed by atoms with Gasteiger partial charge in [-0.25, -0.2) is 4.79 Å². The third-order valence-electron chi connectivity index (χ3n) is 5.52. The van der Waals surface area contributed by atoms with Crippen LogP contribution in [0.4, 0.5) is 4.79 Å². The van der Waals surface area contributed by atoms with Crippen molar-refractivity contribution in [3.63, 3.8) is 0 Å². The number of carbonyl (C=O) groups is 3. The van der Waals surface area contributed by atoms with Crippen LogP contribution in [0.5, 0.6) is 0 Å². The van der Waals surface area contributed by atoms with Gasteiger partial charge in [-0.1, -0.05) is 57.9 Å².